The van der Waals surface area contributed by atoms with Gasteiger partial charge in [0.2, 0.25) is 0 Å². The van der Waals surface area contributed by atoms with Crippen molar-refractivity contribution in [2.75, 3.05) is 16.4 Å². The van der Waals surface area contributed by atoms with Crippen molar-refractivity contribution in [1.29, 1.82) is 0 Å². The standard InChI is InChI=1S/C21H18ClF3N2O3S2/c1-12-3-2-4-13(7-12)8-19(28)26-20-27(17-10-32(29,30)11-18(17)31-20)14-5-6-16(22)15(9-14)21(23,24)25/h2-7,9,17-18H,8,10-11H2,1H3/t17-,18-/m1/s1. The Labute approximate surface area is 192 Å². The summed E-state index contributed by atoms with van der Waals surface area (Å²) in [5.41, 5.74) is 0.820. The Balaban J connectivity index is 1.71. The molecule has 0 spiro atoms. The lowest BCUT2D eigenvalue weighted by atomic mass is 10.1. The van der Waals surface area contributed by atoms with E-state index in [-0.39, 0.29) is 28.8 Å². The van der Waals surface area contributed by atoms with Gasteiger partial charge in [0, 0.05) is 10.9 Å². The maximum absolute atomic E-state index is 13.4. The number of benzene rings is 2. The fraction of sp³-hybridized carbons (Fsp3) is 0.333. The summed E-state index contributed by atoms with van der Waals surface area (Å²) in [4.78, 5) is 18.2. The minimum Gasteiger partial charge on any atom is -0.316 e. The van der Waals surface area contributed by atoms with Crippen LogP contribution in [0.3, 0.4) is 0 Å². The lowest BCUT2D eigenvalue weighted by Gasteiger charge is -2.25. The van der Waals surface area contributed by atoms with E-state index in [0.717, 1.165) is 35.0 Å². The van der Waals surface area contributed by atoms with Gasteiger partial charge in [-0.2, -0.15) is 18.2 Å². The van der Waals surface area contributed by atoms with Gasteiger partial charge in [0.15, 0.2) is 15.0 Å². The largest absolute Gasteiger partial charge is 0.417 e. The second-order valence-corrected chi connectivity index (χ2v) is 11.6. The summed E-state index contributed by atoms with van der Waals surface area (Å²) >= 11 is 6.85. The number of nitrogens with zero attached hydrogens (tertiary/aromatic N) is 2. The molecule has 0 aliphatic carbocycles. The number of thioether (sulfide) groups is 1. The molecule has 32 heavy (non-hydrogen) atoms. The first kappa shape index (κ1) is 23.1. The van der Waals surface area contributed by atoms with Crippen molar-refractivity contribution in [1.82, 2.24) is 0 Å². The van der Waals surface area contributed by atoms with Crippen LogP contribution in [0.5, 0.6) is 0 Å². The quantitative estimate of drug-likeness (QED) is 0.617. The van der Waals surface area contributed by atoms with Crippen molar-refractivity contribution < 1.29 is 26.4 Å². The smallest absolute Gasteiger partial charge is 0.316 e. The lowest BCUT2D eigenvalue weighted by molar-refractivity contribution is -0.137. The average molecular weight is 503 g/mol. The Morgan fingerprint density at radius 2 is 1.97 bits per heavy atom. The maximum atomic E-state index is 13.4. The number of carbonyl (C=O) groups is 1. The first-order valence-electron chi connectivity index (χ1n) is 9.63. The minimum atomic E-state index is -4.68. The Morgan fingerprint density at radius 1 is 1.22 bits per heavy atom. The molecular formula is C21H18ClF3N2O3S2. The molecule has 0 saturated carbocycles. The fourth-order valence-electron chi connectivity index (χ4n) is 3.89. The second kappa shape index (κ2) is 8.39. The SMILES string of the molecule is Cc1cccc(CC(=O)N=C2S[C@@H]3CS(=O)(=O)C[C@H]3N2c2ccc(Cl)c(C(F)(F)F)c2)c1. The van der Waals surface area contributed by atoms with Gasteiger partial charge < -0.3 is 4.90 Å². The Bertz CT molecular complexity index is 1220. The van der Waals surface area contributed by atoms with Crippen LogP contribution in [0.15, 0.2) is 47.5 Å². The third kappa shape index (κ3) is 4.82. The number of alkyl halides is 3. The van der Waals surface area contributed by atoms with Crippen molar-refractivity contribution in [3.05, 3.63) is 64.2 Å². The van der Waals surface area contributed by atoms with Crippen LogP contribution in [0.25, 0.3) is 0 Å². The molecule has 0 aromatic heterocycles. The summed E-state index contributed by atoms with van der Waals surface area (Å²) in [6.07, 6.45) is -4.65. The molecule has 2 atom stereocenters. The third-order valence-electron chi connectivity index (χ3n) is 5.26. The molecule has 2 fully saturated rings. The highest BCUT2D eigenvalue weighted by Crippen LogP contribution is 2.43. The van der Waals surface area contributed by atoms with E-state index in [9.17, 15) is 26.4 Å². The molecule has 170 valence electrons. The van der Waals surface area contributed by atoms with Crippen molar-refractivity contribution in [2.45, 2.75) is 30.8 Å². The second-order valence-electron chi connectivity index (χ2n) is 7.79. The van der Waals surface area contributed by atoms with Crippen molar-refractivity contribution in [3.8, 4) is 0 Å². The van der Waals surface area contributed by atoms with Crippen molar-refractivity contribution in [3.63, 3.8) is 0 Å². The Kier molecular flexibility index (Phi) is 6.06. The molecule has 1 amide bonds. The van der Waals surface area contributed by atoms with E-state index < -0.39 is 43.8 Å². The number of hydrogen-bond donors (Lipinski definition) is 0. The molecule has 4 rings (SSSR count). The van der Waals surface area contributed by atoms with Gasteiger partial charge in [0.05, 0.1) is 34.6 Å². The van der Waals surface area contributed by atoms with E-state index in [0.29, 0.717) is 0 Å². The van der Waals surface area contributed by atoms with Crippen molar-refractivity contribution >= 4 is 50.0 Å². The first-order valence-corrected chi connectivity index (χ1v) is 12.7. The number of aliphatic imine (C=N–C) groups is 1. The number of amidine groups is 1. The van der Waals surface area contributed by atoms with Gasteiger partial charge in [0.1, 0.15) is 0 Å². The van der Waals surface area contributed by atoms with Gasteiger partial charge in [-0.15, -0.1) is 0 Å². The van der Waals surface area contributed by atoms with Gasteiger partial charge in [-0.05, 0) is 30.7 Å². The molecule has 0 N–H and O–H groups in total. The average Bonchev–Trinajstić information content (AvgIpc) is 3.12. The Hall–Kier alpha value is -2.04. The van der Waals surface area contributed by atoms with Crippen molar-refractivity contribution in [2.24, 2.45) is 4.99 Å². The summed E-state index contributed by atoms with van der Waals surface area (Å²) in [5, 5.41) is -0.684. The molecule has 2 aromatic carbocycles. The summed E-state index contributed by atoms with van der Waals surface area (Å²) in [5.74, 6) is -0.806. The number of sulfone groups is 1. The lowest BCUT2D eigenvalue weighted by Crippen LogP contribution is -2.38. The molecule has 2 aromatic rings. The molecule has 0 bridgehead atoms. The molecule has 0 unspecified atom stereocenters. The van der Waals surface area contributed by atoms with Crippen LogP contribution in [0, 0.1) is 6.92 Å². The topological polar surface area (TPSA) is 66.8 Å². The van der Waals surface area contributed by atoms with Crippen LogP contribution >= 0.6 is 23.4 Å². The van der Waals surface area contributed by atoms with Crippen LogP contribution in [0.1, 0.15) is 16.7 Å². The third-order valence-corrected chi connectivity index (χ3v) is 8.80. The molecule has 2 heterocycles. The van der Waals surface area contributed by atoms with Gasteiger partial charge in [0.25, 0.3) is 5.91 Å². The highest BCUT2D eigenvalue weighted by atomic mass is 35.5. The molecule has 2 aliphatic heterocycles. The molecule has 2 aliphatic rings. The highest BCUT2D eigenvalue weighted by Gasteiger charge is 2.49. The van der Waals surface area contributed by atoms with E-state index in [1.54, 1.807) is 6.07 Å². The molecule has 11 heteroatoms. The summed E-state index contributed by atoms with van der Waals surface area (Å²) in [6.45, 7) is 1.90. The number of fused-ring (bicyclic) bond motifs is 1. The molecule has 0 radical (unpaired) electrons. The van der Waals surface area contributed by atoms with Gasteiger partial charge >= 0.3 is 6.18 Å². The molecule has 2 saturated heterocycles. The normalized spacial score (nSPS) is 23.5. The number of anilines is 1. The van der Waals surface area contributed by atoms with Crippen LogP contribution < -0.4 is 4.90 Å². The Morgan fingerprint density at radius 3 is 2.66 bits per heavy atom. The number of carbonyl (C=O) groups excluding carboxylic acids is 1. The monoisotopic (exact) mass is 502 g/mol. The number of amides is 1. The number of hydrogen-bond acceptors (Lipinski definition) is 4. The van der Waals surface area contributed by atoms with Gasteiger partial charge in [-0.1, -0.05) is 53.2 Å². The van der Waals surface area contributed by atoms with Crippen LogP contribution in [0.2, 0.25) is 5.02 Å². The first-order chi connectivity index (χ1) is 14.9. The van der Waals surface area contributed by atoms with Crippen LogP contribution in [-0.4, -0.2) is 42.3 Å². The zero-order valence-electron chi connectivity index (χ0n) is 16.8. The van der Waals surface area contributed by atoms with Crippen LogP contribution in [-0.2, 0) is 27.2 Å². The summed E-state index contributed by atoms with van der Waals surface area (Å²) in [7, 11) is -3.35. The maximum Gasteiger partial charge on any atom is 0.417 e. The fourth-order valence-corrected chi connectivity index (χ4v) is 8.05. The zero-order chi connectivity index (χ0) is 23.3. The van der Waals surface area contributed by atoms with E-state index >= 15 is 0 Å². The van der Waals surface area contributed by atoms with E-state index in [2.05, 4.69) is 4.99 Å². The van der Waals surface area contributed by atoms with Gasteiger partial charge in [-0.25, -0.2) is 8.42 Å². The van der Waals surface area contributed by atoms with Gasteiger partial charge in [-0.3, -0.25) is 4.79 Å². The highest BCUT2D eigenvalue weighted by molar-refractivity contribution is 8.16. The molecular weight excluding hydrogens is 485 g/mol. The zero-order valence-corrected chi connectivity index (χ0v) is 19.2. The summed E-state index contributed by atoms with van der Waals surface area (Å²) < 4.78 is 64.5. The van der Waals surface area contributed by atoms with E-state index in [1.165, 1.54) is 11.0 Å². The van der Waals surface area contributed by atoms with E-state index in [1.807, 2.05) is 25.1 Å². The number of aryl methyl sites for hydroxylation is 1. The predicted molar refractivity (Wildman–Crippen MR) is 120 cm³/mol. The van der Waals surface area contributed by atoms with Crippen LogP contribution in [0.4, 0.5) is 18.9 Å². The minimum absolute atomic E-state index is 0.0294. The number of halogens is 4. The molecule has 5 nitrogen and oxygen atoms in total. The number of rotatable bonds is 3. The predicted octanol–water partition coefficient (Wildman–Crippen LogP) is 4.51. The summed E-state index contributed by atoms with van der Waals surface area (Å²) in [6, 6.07) is 10.1. The van der Waals surface area contributed by atoms with E-state index in [4.69, 9.17) is 11.6 Å².